The third-order valence-electron chi connectivity index (χ3n) is 3.21. The minimum atomic E-state index is -1.43. The van der Waals surface area contributed by atoms with Gasteiger partial charge < -0.3 is 15.2 Å². The third kappa shape index (κ3) is 4.26. The van der Waals surface area contributed by atoms with E-state index in [1.807, 2.05) is 30.3 Å². The Balaban J connectivity index is 2.19. The molecule has 23 heavy (non-hydrogen) atoms. The number of hydrogen-bond donors (Lipinski definition) is 2. The number of carbonyl (C=O) groups excluding carboxylic acids is 1. The number of hydrogen-bond acceptors (Lipinski definition) is 3. The summed E-state index contributed by atoms with van der Waals surface area (Å²) < 4.78 is 33.1. The van der Waals surface area contributed by atoms with Crippen LogP contribution in [0.2, 0.25) is 0 Å². The lowest BCUT2D eigenvalue weighted by atomic mass is 10.1. The topological polar surface area (TPSA) is 58.6 Å². The lowest BCUT2D eigenvalue weighted by molar-refractivity contribution is -0.133. The molecule has 0 spiro atoms. The van der Waals surface area contributed by atoms with Crippen LogP contribution >= 0.6 is 0 Å². The van der Waals surface area contributed by atoms with Crippen molar-refractivity contribution in [1.82, 2.24) is 5.32 Å². The average molecular weight is 321 g/mol. The zero-order valence-electron chi connectivity index (χ0n) is 12.6. The summed E-state index contributed by atoms with van der Waals surface area (Å²) in [5.74, 6) is -3.27. The standard InChI is InChI=1S/C17H17F2NO3/c1-2-23-16(15-13(18)8-12(21)9-14(15)19)17(22)20-10-11-6-4-3-5-7-11/h3-9,16,21H,2,10H2,1H3,(H,20,22). The van der Waals surface area contributed by atoms with Gasteiger partial charge in [-0.2, -0.15) is 0 Å². The fourth-order valence-corrected chi connectivity index (χ4v) is 2.16. The zero-order valence-corrected chi connectivity index (χ0v) is 12.6. The molecule has 0 fully saturated rings. The number of aromatic hydroxyl groups is 1. The number of ether oxygens (including phenoxy) is 1. The van der Waals surface area contributed by atoms with Gasteiger partial charge in [0.1, 0.15) is 17.4 Å². The first-order chi connectivity index (χ1) is 11.0. The molecular formula is C17H17F2NO3. The van der Waals surface area contributed by atoms with Gasteiger partial charge in [0.05, 0.1) is 5.56 Å². The number of halogens is 2. The summed E-state index contributed by atoms with van der Waals surface area (Å²) in [4.78, 5) is 12.3. The van der Waals surface area contributed by atoms with Gasteiger partial charge in [-0.1, -0.05) is 30.3 Å². The number of phenolic OH excluding ortho intramolecular Hbond substituents is 1. The monoisotopic (exact) mass is 321 g/mol. The molecule has 0 aliphatic carbocycles. The molecule has 2 aromatic rings. The van der Waals surface area contributed by atoms with Crippen LogP contribution in [0.4, 0.5) is 8.78 Å². The summed E-state index contributed by atoms with van der Waals surface area (Å²) in [6.07, 6.45) is -1.43. The Morgan fingerprint density at radius 3 is 2.39 bits per heavy atom. The summed E-state index contributed by atoms with van der Waals surface area (Å²) in [6, 6.07) is 10.6. The van der Waals surface area contributed by atoms with Crippen LogP contribution in [0.5, 0.6) is 5.75 Å². The normalized spacial score (nSPS) is 12.0. The molecule has 4 nitrogen and oxygen atoms in total. The molecule has 122 valence electrons. The second-order valence-corrected chi connectivity index (χ2v) is 4.86. The van der Waals surface area contributed by atoms with E-state index >= 15 is 0 Å². The van der Waals surface area contributed by atoms with Gasteiger partial charge in [-0.3, -0.25) is 4.79 Å². The van der Waals surface area contributed by atoms with E-state index in [0.29, 0.717) is 0 Å². The van der Waals surface area contributed by atoms with Gasteiger partial charge in [-0.15, -0.1) is 0 Å². The predicted octanol–water partition coefficient (Wildman–Crippen LogP) is 3.06. The van der Waals surface area contributed by atoms with Crippen LogP contribution in [0.15, 0.2) is 42.5 Å². The van der Waals surface area contributed by atoms with E-state index in [-0.39, 0.29) is 13.2 Å². The zero-order chi connectivity index (χ0) is 16.8. The Labute approximate surface area is 132 Å². The second kappa shape index (κ2) is 7.69. The van der Waals surface area contributed by atoms with Gasteiger partial charge in [0.15, 0.2) is 6.10 Å². The highest BCUT2D eigenvalue weighted by Gasteiger charge is 2.28. The van der Waals surface area contributed by atoms with Crippen molar-refractivity contribution < 1.29 is 23.4 Å². The maximum Gasteiger partial charge on any atom is 0.254 e. The molecule has 1 unspecified atom stereocenters. The van der Waals surface area contributed by atoms with Crippen LogP contribution in [0.1, 0.15) is 24.2 Å². The highest BCUT2D eigenvalue weighted by molar-refractivity contribution is 5.82. The highest BCUT2D eigenvalue weighted by atomic mass is 19.1. The lowest BCUT2D eigenvalue weighted by Crippen LogP contribution is -2.31. The van der Waals surface area contributed by atoms with Crippen molar-refractivity contribution in [2.45, 2.75) is 19.6 Å². The van der Waals surface area contributed by atoms with Crippen molar-refractivity contribution in [3.8, 4) is 5.75 Å². The summed E-state index contributed by atoms with van der Waals surface area (Å²) in [6.45, 7) is 1.93. The molecule has 2 aromatic carbocycles. The fourth-order valence-electron chi connectivity index (χ4n) is 2.16. The van der Waals surface area contributed by atoms with E-state index in [2.05, 4.69) is 5.32 Å². The molecular weight excluding hydrogens is 304 g/mol. The third-order valence-corrected chi connectivity index (χ3v) is 3.21. The van der Waals surface area contributed by atoms with Gasteiger partial charge in [-0.25, -0.2) is 8.78 Å². The van der Waals surface area contributed by atoms with Crippen molar-refractivity contribution in [3.63, 3.8) is 0 Å². The number of carbonyl (C=O) groups is 1. The number of benzene rings is 2. The van der Waals surface area contributed by atoms with Crippen LogP contribution < -0.4 is 5.32 Å². The van der Waals surface area contributed by atoms with Crippen molar-refractivity contribution >= 4 is 5.91 Å². The van der Waals surface area contributed by atoms with E-state index in [0.717, 1.165) is 17.7 Å². The number of nitrogens with one attached hydrogen (secondary N) is 1. The van der Waals surface area contributed by atoms with Gasteiger partial charge in [0, 0.05) is 25.3 Å². The SMILES string of the molecule is CCOC(C(=O)NCc1ccccc1)c1c(F)cc(O)cc1F. The van der Waals surface area contributed by atoms with Gasteiger partial charge in [0.2, 0.25) is 0 Å². The lowest BCUT2D eigenvalue weighted by Gasteiger charge is -2.18. The summed E-state index contributed by atoms with van der Waals surface area (Å²) in [5, 5.41) is 11.8. The van der Waals surface area contributed by atoms with Crippen LogP contribution in [0.25, 0.3) is 0 Å². The van der Waals surface area contributed by atoms with Crippen molar-refractivity contribution in [2.24, 2.45) is 0 Å². The van der Waals surface area contributed by atoms with Crippen molar-refractivity contribution in [2.75, 3.05) is 6.61 Å². The first kappa shape index (κ1) is 16.9. The molecule has 2 N–H and O–H groups in total. The maximum atomic E-state index is 13.9. The van der Waals surface area contributed by atoms with Crippen LogP contribution in [-0.4, -0.2) is 17.6 Å². The van der Waals surface area contributed by atoms with E-state index in [1.54, 1.807) is 6.92 Å². The first-order valence-electron chi connectivity index (χ1n) is 7.14. The molecule has 6 heteroatoms. The molecule has 0 aromatic heterocycles. The molecule has 2 rings (SSSR count). The second-order valence-electron chi connectivity index (χ2n) is 4.86. The Bertz CT molecular complexity index is 654. The summed E-state index contributed by atoms with van der Waals surface area (Å²) in [5.41, 5.74) is 0.331. The molecule has 0 saturated heterocycles. The van der Waals surface area contributed by atoms with Crippen LogP contribution in [0, 0.1) is 11.6 Å². The Kier molecular flexibility index (Phi) is 5.65. The van der Waals surface area contributed by atoms with E-state index in [9.17, 15) is 18.7 Å². The largest absolute Gasteiger partial charge is 0.508 e. The fraction of sp³-hybridized carbons (Fsp3) is 0.235. The molecule has 1 amide bonds. The molecule has 0 heterocycles. The number of phenols is 1. The van der Waals surface area contributed by atoms with E-state index < -0.39 is 35.0 Å². The van der Waals surface area contributed by atoms with Crippen LogP contribution in [0.3, 0.4) is 0 Å². The Morgan fingerprint density at radius 1 is 1.22 bits per heavy atom. The number of amides is 1. The Hall–Kier alpha value is -2.47. The minimum absolute atomic E-state index is 0.100. The van der Waals surface area contributed by atoms with Gasteiger partial charge >= 0.3 is 0 Å². The average Bonchev–Trinajstić information content (AvgIpc) is 2.52. The van der Waals surface area contributed by atoms with Gasteiger partial charge in [-0.05, 0) is 12.5 Å². The summed E-state index contributed by atoms with van der Waals surface area (Å²) in [7, 11) is 0. The number of rotatable bonds is 6. The van der Waals surface area contributed by atoms with E-state index in [1.165, 1.54) is 0 Å². The quantitative estimate of drug-likeness (QED) is 0.860. The van der Waals surface area contributed by atoms with Crippen molar-refractivity contribution in [3.05, 3.63) is 65.2 Å². The van der Waals surface area contributed by atoms with Crippen LogP contribution in [-0.2, 0) is 16.1 Å². The highest BCUT2D eigenvalue weighted by Crippen LogP contribution is 2.27. The Morgan fingerprint density at radius 2 is 1.83 bits per heavy atom. The minimum Gasteiger partial charge on any atom is -0.508 e. The molecule has 0 aliphatic rings. The predicted molar refractivity (Wildman–Crippen MR) is 80.7 cm³/mol. The maximum absolute atomic E-state index is 13.9. The molecule has 0 radical (unpaired) electrons. The van der Waals surface area contributed by atoms with Gasteiger partial charge in [0.25, 0.3) is 5.91 Å². The molecule has 0 bridgehead atoms. The smallest absolute Gasteiger partial charge is 0.254 e. The molecule has 0 saturated carbocycles. The van der Waals surface area contributed by atoms with Crippen molar-refractivity contribution in [1.29, 1.82) is 0 Å². The molecule has 1 atom stereocenters. The first-order valence-corrected chi connectivity index (χ1v) is 7.14. The molecule has 0 aliphatic heterocycles. The van der Waals surface area contributed by atoms with E-state index in [4.69, 9.17) is 4.74 Å². The summed E-state index contributed by atoms with van der Waals surface area (Å²) >= 11 is 0.